The SMILES string of the molecule is CCC(CC)NC(=O)C(C)N(CC(=O)OC)C1CCCC1. The monoisotopic (exact) mass is 298 g/mol. The maximum Gasteiger partial charge on any atom is 0.319 e. The fourth-order valence-electron chi connectivity index (χ4n) is 3.00. The van der Waals surface area contributed by atoms with E-state index >= 15 is 0 Å². The molecule has 0 saturated heterocycles. The minimum absolute atomic E-state index is 0.0134. The zero-order chi connectivity index (χ0) is 15.8. The van der Waals surface area contributed by atoms with E-state index in [1.54, 1.807) is 0 Å². The molecule has 1 N–H and O–H groups in total. The first-order valence-corrected chi connectivity index (χ1v) is 8.16. The summed E-state index contributed by atoms with van der Waals surface area (Å²) in [6.45, 7) is 6.22. The van der Waals surface area contributed by atoms with Gasteiger partial charge in [-0.05, 0) is 32.6 Å². The number of hydrogen-bond acceptors (Lipinski definition) is 4. The lowest BCUT2D eigenvalue weighted by atomic mass is 10.1. The van der Waals surface area contributed by atoms with Crippen molar-refractivity contribution < 1.29 is 14.3 Å². The molecule has 0 aromatic carbocycles. The molecule has 1 saturated carbocycles. The van der Waals surface area contributed by atoms with Gasteiger partial charge in [0.2, 0.25) is 5.91 Å². The molecule has 1 rings (SSSR count). The van der Waals surface area contributed by atoms with Crippen LogP contribution < -0.4 is 5.32 Å². The number of carbonyl (C=O) groups excluding carboxylic acids is 2. The van der Waals surface area contributed by atoms with Crippen molar-refractivity contribution in [2.75, 3.05) is 13.7 Å². The fraction of sp³-hybridized carbons (Fsp3) is 0.875. The van der Waals surface area contributed by atoms with Crippen LogP contribution in [-0.2, 0) is 14.3 Å². The molecular weight excluding hydrogens is 268 g/mol. The molecule has 122 valence electrons. The fourth-order valence-corrected chi connectivity index (χ4v) is 3.00. The number of carbonyl (C=O) groups is 2. The van der Waals surface area contributed by atoms with Crippen LogP contribution in [0.2, 0.25) is 0 Å². The van der Waals surface area contributed by atoms with E-state index in [-0.39, 0.29) is 30.5 Å². The van der Waals surface area contributed by atoms with Crippen LogP contribution in [0.5, 0.6) is 0 Å². The highest BCUT2D eigenvalue weighted by Crippen LogP contribution is 2.25. The molecule has 5 heteroatoms. The molecule has 21 heavy (non-hydrogen) atoms. The van der Waals surface area contributed by atoms with Crippen LogP contribution in [-0.4, -0.2) is 48.6 Å². The summed E-state index contributed by atoms with van der Waals surface area (Å²) in [7, 11) is 1.39. The molecule has 0 aromatic rings. The summed E-state index contributed by atoms with van der Waals surface area (Å²) in [4.78, 5) is 26.1. The summed E-state index contributed by atoms with van der Waals surface area (Å²) >= 11 is 0. The third-order valence-corrected chi connectivity index (χ3v) is 4.54. The van der Waals surface area contributed by atoms with E-state index in [4.69, 9.17) is 4.74 Å². The molecule has 1 fully saturated rings. The largest absolute Gasteiger partial charge is 0.468 e. The second kappa shape index (κ2) is 9.03. The van der Waals surface area contributed by atoms with Crippen molar-refractivity contribution in [3.63, 3.8) is 0 Å². The van der Waals surface area contributed by atoms with Crippen molar-refractivity contribution in [2.45, 2.75) is 77.4 Å². The quantitative estimate of drug-likeness (QED) is 0.697. The van der Waals surface area contributed by atoms with Crippen molar-refractivity contribution in [1.82, 2.24) is 10.2 Å². The maximum absolute atomic E-state index is 12.4. The molecule has 1 unspecified atom stereocenters. The number of amides is 1. The van der Waals surface area contributed by atoms with Crippen LogP contribution in [0.4, 0.5) is 0 Å². The second-order valence-corrected chi connectivity index (χ2v) is 5.88. The Balaban J connectivity index is 2.71. The van der Waals surface area contributed by atoms with E-state index in [9.17, 15) is 9.59 Å². The average Bonchev–Trinajstić information content (AvgIpc) is 3.02. The first-order valence-electron chi connectivity index (χ1n) is 8.16. The summed E-state index contributed by atoms with van der Waals surface area (Å²) in [5, 5.41) is 3.08. The van der Waals surface area contributed by atoms with Crippen LogP contribution in [0, 0.1) is 0 Å². The lowest BCUT2D eigenvalue weighted by molar-refractivity contribution is -0.144. The zero-order valence-corrected chi connectivity index (χ0v) is 13.9. The van der Waals surface area contributed by atoms with Crippen molar-refractivity contribution in [3.05, 3.63) is 0 Å². The summed E-state index contributed by atoms with van der Waals surface area (Å²) < 4.78 is 4.78. The Morgan fingerprint density at radius 2 is 1.81 bits per heavy atom. The number of hydrogen-bond donors (Lipinski definition) is 1. The standard InChI is InChI=1S/C16H30N2O3/c1-5-13(6-2)17-16(20)12(3)18(11-15(19)21-4)14-9-7-8-10-14/h12-14H,5-11H2,1-4H3,(H,17,20). The Morgan fingerprint density at radius 1 is 1.24 bits per heavy atom. The number of esters is 1. The van der Waals surface area contributed by atoms with Crippen LogP contribution in [0.25, 0.3) is 0 Å². The van der Waals surface area contributed by atoms with Gasteiger partial charge in [-0.3, -0.25) is 14.5 Å². The lowest BCUT2D eigenvalue weighted by Gasteiger charge is -2.33. The third kappa shape index (κ3) is 5.30. The number of ether oxygens (including phenoxy) is 1. The molecule has 0 spiro atoms. The van der Waals surface area contributed by atoms with Crippen molar-refractivity contribution >= 4 is 11.9 Å². The molecule has 1 amide bonds. The summed E-state index contributed by atoms with van der Waals surface area (Å²) in [5.74, 6) is -0.261. The zero-order valence-electron chi connectivity index (χ0n) is 13.9. The van der Waals surface area contributed by atoms with Gasteiger partial charge in [0.25, 0.3) is 0 Å². The van der Waals surface area contributed by atoms with E-state index in [0.717, 1.165) is 25.7 Å². The number of nitrogens with one attached hydrogen (secondary N) is 1. The van der Waals surface area contributed by atoms with Gasteiger partial charge in [0, 0.05) is 12.1 Å². The normalized spacial score (nSPS) is 17.2. The van der Waals surface area contributed by atoms with Crippen LogP contribution in [0.1, 0.15) is 59.3 Å². The molecule has 1 aliphatic rings. The van der Waals surface area contributed by atoms with Crippen LogP contribution >= 0.6 is 0 Å². The van der Waals surface area contributed by atoms with Crippen molar-refractivity contribution in [3.8, 4) is 0 Å². The Bertz CT molecular complexity index is 336. The minimum Gasteiger partial charge on any atom is -0.468 e. The van der Waals surface area contributed by atoms with Gasteiger partial charge in [-0.1, -0.05) is 26.7 Å². The average molecular weight is 298 g/mol. The molecule has 1 atom stereocenters. The van der Waals surface area contributed by atoms with E-state index in [0.29, 0.717) is 6.04 Å². The van der Waals surface area contributed by atoms with Crippen LogP contribution in [0.3, 0.4) is 0 Å². The van der Waals surface area contributed by atoms with Crippen molar-refractivity contribution in [1.29, 1.82) is 0 Å². The van der Waals surface area contributed by atoms with E-state index < -0.39 is 0 Å². The molecule has 0 bridgehead atoms. The molecule has 0 heterocycles. The lowest BCUT2D eigenvalue weighted by Crippen LogP contribution is -2.52. The van der Waals surface area contributed by atoms with Gasteiger partial charge in [0.15, 0.2) is 0 Å². The third-order valence-electron chi connectivity index (χ3n) is 4.54. The molecule has 0 aromatic heterocycles. The molecule has 0 radical (unpaired) electrons. The summed E-state index contributed by atoms with van der Waals surface area (Å²) in [6, 6.07) is 0.225. The first-order chi connectivity index (χ1) is 10.0. The smallest absolute Gasteiger partial charge is 0.319 e. The van der Waals surface area contributed by atoms with Gasteiger partial charge in [0.05, 0.1) is 19.7 Å². The molecule has 5 nitrogen and oxygen atoms in total. The Kier molecular flexibility index (Phi) is 7.72. The van der Waals surface area contributed by atoms with Crippen molar-refractivity contribution in [2.24, 2.45) is 0 Å². The highest BCUT2D eigenvalue weighted by molar-refractivity contribution is 5.82. The number of rotatable bonds is 8. The highest BCUT2D eigenvalue weighted by Gasteiger charge is 2.32. The minimum atomic E-state index is -0.298. The highest BCUT2D eigenvalue weighted by atomic mass is 16.5. The van der Waals surface area contributed by atoms with E-state index in [1.807, 2.05) is 11.8 Å². The van der Waals surface area contributed by atoms with Crippen LogP contribution in [0.15, 0.2) is 0 Å². The molecule has 1 aliphatic carbocycles. The summed E-state index contributed by atoms with van der Waals surface area (Å²) in [5.41, 5.74) is 0. The Morgan fingerprint density at radius 3 is 2.29 bits per heavy atom. The van der Waals surface area contributed by atoms with Gasteiger partial charge < -0.3 is 10.1 Å². The Hall–Kier alpha value is -1.10. The molecular formula is C16H30N2O3. The first kappa shape index (κ1) is 18.0. The van der Waals surface area contributed by atoms with Gasteiger partial charge in [0.1, 0.15) is 0 Å². The van der Waals surface area contributed by atoms with E-state index in [1.165, 1.54) is 20.0 Å². The Labute approximate surface area is 128 Å². The predicted octanol–water partition coefficient (Wildman–Crippen LogP) is 2.10. The van der Waals surface area contributed by atoms with Gasteiger partial charge in [-0.15, -0.1) is 0 Å². The van der Waals surface area contributed by atoms with Gasteiger partial charge in [-0.2, -0.15) is 0 Å². The summed E-state index contributed by atoms with van der Waals surface area (Å²) in [6.07, 6.45) is 6.30. The maximum atomic E-state index is 12.4. The topological polar surface area (TPSA) is 58.6 Å². The number of nitrogens with zero attached hydrogens (tertiary/aromatic N) is 1. The van der Waals surface area contributed by atoms with Gasteiger partial charge >= 0.3 is 5.97 Å². The predicted molar refractivity (Wildman–Crippen MR) is 83.0 cm³/mol. The number of methoxy groups -OCH3 is 1. The van der Waals surface area contributed by atoms with Gasteiger partial charge in [-0.25, -0.2) is 0 Å². The molecule has 0 aliphatic heterocycles. The second-order valence-electron chi connectivity index (χ2n) is 5.88. The van der Waals surface area contributed by atoms with E-state index in [2.05, 4.69) is 19.2 Å².